The van der Waals surface area contributed by atoms with E-state index in [1.807, 2.05) is 0 Å². The Bertz CT molecular complexity index is 1130. The molecule has 0 saturated carbocycles. The first kappa shape index (κ1) is 22.2. The summed E-state index contributed by atoms with van der Waals surface area (Å²) in [5, 5.41) is 0. The second-order valence-corrected chi connectivity index (χ2v) is 7.91. The first-order valence-corrected chi connectivity index (χ1v) is 10.3. The maximum Gasteiger partial charge on any atom is 0.573 e. The Morgan fingerprint density at radius 2 is 1.62 bits per heavy atom. The number of hydrogen-bond donors (Lipinski definition) is 0. The minimum Gasteiger partial charge on any atom is -0.406 e. The summed E-state index contributed by atoms with van der Waals surface area (Å²) in [5.74, 6) is -2.83. The predicted octanol–water partition coefficient (Wildman–Crippen LogP) is 7.50. The highest BCUT2D eigenvalue weighted by Gasteiger charge is 2.31. The number of benzene rings is 3. The number of halogens is 6. The lowest BCUT2D eigenvalue weighted by Gasteiger charge is -2.26. The number of fused-ring (bicyclic) bond motifs is 1. The molecular formula is C25H20F6O. The first-order valence-electron chi connectivity index (χ1n) is 10.3. The van der Waals surface area contributed by atoms with Gasteiger partial charge in [-0.1, -0.05) is 31.2 Å². The first-order chi connectivity index (χ1) is 15.2. The second-order valence-electron chi connectivity index (χ2n) is 7.91. The van der Waals surface area contributed by atoms with Gasteiger partial charge in [0.15, 0.2) is 11.6 Å². The molecule has 7 heteroatoms. The normalized spacial score (nSPS) is 16.0. The van der Waals surface area contributed by atoms with Crippen LogP contribution in [0, 0.1) is 17.5 Å². The van der Waals surface area contributed by atoms with E-state index in [0.29, 0.717) is 42.4 Å². The molecule has 1 aliphatic rings. The molecule has 0 bridgehead atoms. The Morgan fingerprint density at radius 1 is 0.906 bits per heavy atom. The van der Waals surface area contributed by atoms with Crippen LogP contribution in [0.1, 0.15) is 41.5 Å². The summed E-state index contributed by atoms with van der Waals surface area (Å²) in [6, 6.07) is 11.3. The van der Waals surface area contributed by atoms with E-state index in [9.17, 15) is 26.3 Å². The Kier molecular flexibility index (Phi) is 5.93. The van der Waals surface area contributed by atoms with Crippen molar-refractivity contribution in [3.05, 3.63) is 88.2 Å². The van der Waals surface area contributed by atoms with Gasteiger partial charge in [0.2, 0.25) is 0 Å². The fourth-order valence-corrected chi connectivity index (χ4v) is 4.29. The van der Waals surface area contributed by atoms with Crippen LogP contribution in [-0.2, 0) is 19.3 Å². The number of hydrogen-bond acceptors (Lipinski definition) is 1. The van der Waals surface area contributed by atoms with E-state index in [1.165, 1.54) is 18.2 Å². The Balaban J connectivity index is 1.59. The van der Waals surface area contributed by atoms with E-state index < -0.39 is 23.8 Å². The second kappa shape index (κ2) is 8.52. The van der Waals surface area contributed by atoms with E-state index >= 15 is 0 Å². The zero-order valence-corrected chi connectivity index (χ0v) is 17.2. The SMILES string of the molecule is CCc1ccc(C2CCc3cc(-c4ccc(OC(F)(F)F)cc4)c(F)cc3C2)c(F)c1F. The van der Waals surface area contributed by atoms with Crippen LogP contribution < -0.4 is 4.74 Å². The zero-order valence-electron chi connectivity index (χ0n) is 17.2. The van der Waals surface area contributed by atoms with Crippen LogP contribution in [0.3, 0.4) is 0 Å². The average Bonchev–Trinajstić information content (AvgIpc) is 2.74. The number of ether oxygens (including phenoxy) is 1. The molecule has 0 saturated heterocycles. The third kappa shape index (κ3) is 4.47. The summed E-state index contributed by atoms with van der Waals surface area (Å²) >= 11 is 0. The van der Waals surface area contributed by atoms with Gasteiger partial charge in [-0.2, -0.15) is 0 Å². The zero-order chi connectivity index (χ0) is 23.0. The summed E-state index contributed by atoms with van der Waals surface area (Å²) in [5.41, 5.74) is 2.92. The molecule has 1 atom stereocenters. The molecular weight excluding hydrogens is 430 g/mol. The van der Waals surface area contributed by atoms with Crippen LogP contribution >= 0.6 is 0 Å². The van der Waals surface area contributed by atoms with Crippen LogP contribution in [0.25, 0.3) is 11.1 Å². The summed E-state index contributed by atoms with van der Waals surface area (Å²) in [7, 11) is 0. The fraction of sp³-hybridized carbons (Fsp3) is 0.280. The molecule has 1 nitrogen and oxygen atoms in total. The molecule has 0 N–H and O–H groups in total. The fourth-order valence-electron chi connectivity index (χ4n) is 4.29. The molecule has 3 aromatic rings. The van der Waals surface area contributed by atoms with Crippen LogP contribution in [0.5, 0.6) is 5.75 Å². The smallest absolute Gasteiger partial charge is 0.406 e. The van der Waals surface area contributed by atoms with E-state index in [2.05, 4.69) is 4.74 Å². The van der Waals surface area contributed by atoms with Crippen molar-refractivity contribution in [2.24, 2.45) is 0 Å². The lowest BCUT2D eigenvalue weighted by atomic mass is 9.79. The van der Waals surface area contributed by atoms with Crippen LogP contribution in [0.2, 0.25) is 0 Å². The molecule has 0 amide bonds. The van der Waals surface area contributed by atoms with Crippen molar-refractivity contribution >= 4 is 0 Å². The standard InChI is InChI=1S/C25H20F6O/c1-2-14-7-10-20(24(28)23(14)27)17-4-3-16-12-21(22(26)13-18(16)11-17)15-5-8-19(9-6-15)32-25(29,30)31/h5-10,12-13,17H,2-4,11H2,1H3. The van der Waals surface area contributed by atoms with E-state index in [1.54, 1.807) is 25.1 Å². The summed E-state index contributed by atoms with van der Waals surface area (Å²) in [4.78, 5) is 0. The van der Waals surface area contributed by atoms with Gasteiger partial charge >= 0.3 is 6.36 Å². The summed E-state index contributed by atoms with van der Waals surface area (Å²) in [6.07, 6.45) is -2.88. The molecule has 0 radical (unpaired) electrons. The maximum absolute atomic E-state index is 14.9. The highest BCUT2D eigenvalue weighted by Crippen LogP contribution is 2.38. The minimum atomic E-state index is -4.80. The average molecular weight is 450 g/mol. The number of aryl methyl sites for hydroxylation is 2. The van der Waals surface area contributed by atoms with Crippen LogP contribution in [0.4, 0.5) is 26.3 Å². The van der Waals surface area contributed by atoms with Crippen molar-refractivity contribution in [3.63, 3.8) is 0 Å². The van der Waals surface area contributed by atoms with Crippen LogP contribution in [-0.4, -0.2) is 6.36 Å². The minimum absolute atomic E-state index is 0.257. The van der Waals surface area contributed by atoms with E-state index in [4.69, 9.17) is 0 Å². The lowest BCUT2D eigenvalue weighted by molar-refractivity contribution is -0.274. The Morgan fingerprint density at radius 3 is 2.28 bits per heavy atom. The molecule has 168 valence electrons. The Hall–Kier alpha value is -2.96. The molecule has 1 unspecified atom stereocenters. The molecule has 0 aromatic heterocycles. The van der Waals surface area contributed by atoms with Crippen molar-refractivity contribution in [1.29, 1.82) is 0 Å². The molecule has 0 aliphatic heterocycles. The van der Waals surface area contributed by atoms with Gasteiger partial charge in [-0.15, -0.1) is 13.2 Å². The maximum atomic E-state index is 14.9. The lowest BCUT2D eigenvalue weighted by Crippen LogP contribution is -2.17. The molecule has 0 fully saturated rings. The van der Waals surface area contributed by atoms with Gasteiger partial charge in [0.1, 0.15) is 11.6 Å². The largest absolute Gasteiger partial charge is 0.573 e. The summed E-state index contributed by atoms with van der Waals surface area (Å²) in [6.45, 7) is 1.76. The predicted molar refractivity (Wildman–Crippen MR) is 109 cm³/mol. The molecule has 0 spiro atoms. The third-order valence-electron chi connectivity index (χ3n) is 5.93. The molecule has 3 aromatic carbocycles. The van der Waals surface area contributed by atoms with Gasteiger partial charge in [0.05, 0.1) is 0 Å². The van der Waals surface area contributed by atoms with Gasteiger partial charge in [0, 0.05) is 5.56 Å². The van der Waals surface area contributed by atoms with Crippen molar-refractivity contribution in [2.75, 3.05) is 0 Å². The van der Waals surface area contributed by atoms with Crippen molar-refractivity contribution < 1.29 is 31.1 Å². The van der Waals surface area contributed by atoms with Crippen molar-refractivity contribution in [1.82, 2.24) is 0 Å². The van der Waals surface area contributed by atoms with Gasteiger partial charge in [-0.05, 0) is 83.7 Å². The third-order valence-corrected chi connectivity index (χ3v) is 5.93. The molecule has 1 aliphatic carbocycles. The Labute approximate surface area is 181 Å². The number of rotatable bonds is 4. The monoisotopic (exact) mass is 450 g/mol. The van der Waals surface area contributed by atoms with E-state index in [-0.39, 0.29) is 17.2 Å². The summed E-state index contributed by atoms with van der Waals surface area (Å²) < 4.78 is 84.5. The van der Waals surface area contributed by atoms with Gasteiger partial charge < -0.3 is 4.74 Å². The molecule has 32 heavy (non-hydrogen) atoms. The van der Waals surface area contributed by atoms with Gasteiger partial charge in [-0.25, -0.2) is 13.2 Å². The van der Waals surface area contributed by atoms with E-state index in [0.717, 1.165) is 23.3 Å². The topological polar surface area (TPSA) is 9.23 Å². The highest BCUT2D eigenvalue weighted by molar-refractivity contribution is 5.67. The van der Waals surface area contributed by atoms with Gasteiger partial charge in [0.25, 0.3) is 0 Å². The van der Waals surface area contributed by atoms with Crippen LogP contribution in [0.15, 0.2) is 48.5 Å². The molecule has 4 rings (SSSR count). The highest BCUT2D eigenvalue weighted by atomic mass is 19.4. The van der Waals surface area contributed by atoms with Gasteiger partial charge in [-0.3, -0.25) is 0 Å². The number of alkyl halides is 3. The quantitative estimate of drug-likeness (QED) is 0.374. The molecule has 0 heterocycles. The van der Waals surface area contributed by atoms with Crippen molar-refractivity contribution in [3.8, 4) is 16.9 Å². The van der Waals surface area contributed by atoms with Crippen molar-refractivity contribution in [2.45, 2.75) is 44.9 Å².